The van der Waals surface area contributed by atoms with Crippen molar-refractivity contribution in [2.24, 2.45) is 0 Å². The lowest BCUT2D eigenvalue weighted by atomic mass is 9.89. The first-order chi connectivity index (χ1) is 16.6. The molecule has 0 bridgehead atoms. The average Bonchev–Trinajstić information content (AvgIpc) is 2.88. The van der Waals surface area contributed by atoms with Gasteiger partial charge in [-0.15, -0.1) is 0 Å². The molecule has 2 atom stereocenters. The minimum Gasteiger partial charge on any atom is -0.482 e. The highest BCUT2D eigenvalue weighted by atomic mass is 79.9. The van der Waals surface area contributed by atoms with E-state index in [1.54, 1.807) is 17.2 Å². The Bertz CT molecular complexity index is 1070. The van der Waals surface area contributed by atoms with Crippen LogP contribution in [0.5, 0.6) is 0 Å². The smallest absolute Gasteiger partial charge is 0.289 e. The molecule has 2 aliphatic heterocycles. The van der Waals surface area contributed by atoms with E-state index in [0.717, 1.165) is 54.6 Å². The van der Waals surface area contributed by atoms with Crippen LogP contribution in [0, 0.1) is 0 Å². The molecule has 1 aliphatic carbocycles. The number of morpholine rings is 1. The predicted octanol–water partition coefficient (Wildman–Crippen LogP) is 3.70. The van der Waals surface area contributed by atoms with Gasteiger partial charge < -0.3 is 19.4 Å². The van der Waals surface area contributed by atoms with Crippen molar-refractivity contribution in [3.63, 3.8) is 0 Å². The normalized spacial score (nSPS) is 24.1. The molecule has 1 aromatic heterocycles. The molecule has 1 aromatic carbocycles. The molecule has 0 N–H and O–H groups in total. The summed E-state index contributed by atoms with van der Waals surface area (Å²) in [4.78, 5) is 37.0. The lowest BCUT2D eigenvalue weighted by Gasteiger charge is -2.45. The van der Waals surface area contributed by atoms with E-state index in [9.17, 15) is 9.59 Å². The van der Waals surface area contributed by atoms with Crippen LogP contribution in [-0.4, -0.2) is 71.5 Å². The minimum atomic E-state index is -0.195. The maximum atomic E-state index is 13.5. The molecule has 2 saturated heterocycles. The zero-order valence-corrected chi connectivity index (χ0v) is 20.7. The fraction of sp³-hybridized carbons (Fsp3) is 0.423. The molecule has 2 aromatic rings. The van der Waals surface area contributed by atoms with E-state index in [-0.39, 0.29) is 30.5 Å². The van der Waals surface area contributed by atoms with Crippen molar-refractivity contribution in [1.29, 1.82) is 0 Å². The highest BCUT2D eigenvalue weighted by Gasteiger charge is 2.42. The largest absolute Gasteiger partial charge is 0.482 e. The van der Waals surface area contributed by atoms with E-state index < -0.39 is 0 Å². The number of hydrogen-bond donors (Lipinski definition) is 0. The first kappa shape index (κ1) is 22.9. The Morgan fingerprint density at radius 2 is 1.82 bits per heavy atom. The Kier molecular flexibility index (Phi) is 6.85. The molecule has 178 valence electrons. The number of benzene rings is 1. The van der Waals surface area contributed by atoms with E-state index in [1.165, 1.54) is 0 Å². The molecule has 5 rings (SSSR count). The Balaban J connectivity index is 1.29. The molecule has 0 spiro atoms. The van der Waals surface area contributed by atoms with Gasteiger partial charge in [-0.2, -0.15) is 0 Å². The molecule has 3 fully saturated rings. The van der Waals surface area contributed by atoms with Gasteiger partial charge in [0.15, 0.2) is 5.76 Å². The number of halogens is 1. The zero-order chi connectivity index (χ0) is 23.5. The Morgan fingerprint density at radius 3 is 2.59 bits per heavy atom. The molecular formula is C26H29BrN4O3. The summed E-state index contributed by atoms with van der Waals surface area (Å²) in [5.41, 5.74) is 0.886. The van der Waals surface area contributed by atoms with Crippen LogP contribution in [0.3, 0.4) is 0 Å². The van der Waals surface area contributed by atoms with Crippen LogP contribution in [0.4, 0.5) is 5.82 Å². The second kappa shape index (κ2) is 10.2. The van der Waals surface area contributed by atoms with Crippen LogP contribution >= 0.6 is 15.9 Å². The minimum absolute atomic E-state index is 0.000450. The van der Waals surface area contributed by atoms with Gasteiger partial charge in [0.2, 0.25) is 5.91 Å². The molecular weight excluding hydrogens is 496 g/mol. The van der Waals surface area contributed by atoms with Crippen LogP contribution < -0.4 is 4.90 Å². The van der Waals surface area contributed by atoms with E-state index >= 15 is 0 Å². The fourth-order valence-corrected chi connectivity index (χ4v) is 5.47. The van der Waals surface area contributed by atoms with Crippen molar-refractivity contribution >= 4 is 39.6 Å². The number of amides is 2. The predicted molar refractivity (Wildman–Crippen MR) is 134 cm³/mol. The number of carbonyl (C=O) groups is 2. The monoisotopic (exact) mass is 524 g/mol. The van der Waals surface area contributed by atoms with Gasteiger partial charge in [-0.05, 0) is 49.1 Å². The number of rotatable bonds is 4. The lowest BCUT2D eigenvalue weighted by molar-refractivity contribution is -0.154. The number of ether oxygens (including phenoxy) is 1. The van der Waals surface area contributed by atoms with Crippen LogP contribution in [0.25, 0.3) is 6.08 Å². The quantitative estimate of drug-likeness (QED) is 0.570. The van der Waals surface area contributed by atoms with Gasteiger partial charge >= 0.3 is 0 Å². The number of anilines is 1. The summed E-state index contributed by atoms with van der Waals surface area (Å²) in [7, 11) is 0. The highest BCUT2D eigenvalue weighted by molar-refractivity contribution is 9.10. The number of nitrogens with zero attached hydrogens (tertiary/aromatic N) is 4. The van der Waals surface area contributed by atoms with Crippen molar-refractivity contribution in [1.82, 2.24) is 14.8 Å². The van der Waals surface area contributed by atoms with Crippen molar-refractivity contribution in [2.75, 3.05) is 37.6 Å². The second-order valence-electron chi connectivity index (χ2n) is 9.03. The summed E-state index contributed by atoms with van der Waals surface area (Å²) in [5, 5.41) is 0. The van der Waals surface area contributed by atoms with Crippen molar-refractivity contribution < 1.29 is 14.3 Å². The average molecular weight is 525 g/mol. The molecule has 3 aliphatic rings. The maximum Gasteiger partial charge on any atom is 0.289 e. The van der Waals surface area contributed by atoms with Gasteiger partial charge in [0.05, 0.1) is 6.04 Å². The molecule has 0 radical (unpaired) electrons. The topological polar surface area (TPSA) is 66.0 Å². The first-order valence-electron chi connectivity index (χ1n) is 12.0. The van der Waals surface area contributed by atoms with Gasteiger partial charge in [-0.1, -0.05) is 46.6 Å². The summed E-state index contributed by atoms with van der Waals surface area (Å²) < 4.78 is 7.09. The number of carbonyl (C=O) groups excluding carboxylic acids is 2. The SMILES string of the molecule is O=C(CN1C(=O)/C(=C\c2ccccc2Br)OC2CCCCC21)N1CCN(c2ccccn2)CC1. The van der Waals surface area contributed by atoms with Gasteiger partial charge in [0.1, 0.15) is 18.5 Å². The van der Waals surface area contributed by atoms with Gasteiger partial charge in [-0.25, -0.2) is 4.98 Å². The summed E-state index contributed by atoms with van der Waals surface area (Å²) in [6.45, 7) is 2.82. The Hall–Kier alpha value is -2.87. The van der Waals surface area contributed by atoms with E-state index in [2.05, 4.69) is 25.8 Å². The van der Waals surface area contributed by atoms with Gasteiger partial charge in [-0.3, -0.25) is 9.59 Å². The molecule has 1 saturated carbocycles. The zero-order valence-electron chi connectivity index (χ0n) is 19.1. The van der Waals surface area contributed by atoms with Gasteiger partial charge in [0, 0.05) is 36.8 Å². The van der Waals surface area contributed by atoms with Crippen LogP contribution in [0.15, 0.2) is 58.9 Å². The third-order valence-electron chi connectivity index (χ3n) is 6.92. The third kappa shape index (κ3) is 4.82. The molecule has 7 nitrogen and oxygen atoms in total. The second-order valence-corrected chi connectivity index (χ2v) is 9.88. The Labute approximate surface area is 208 Å². The fourth-order valence-electron chi connectivity index (χ4n) is 5.07. The summed E-state index contributed by atoms with van der Waals surface area (Å²) in [6, 6.07) is 13.6. The number of fused-ring (bicyclic) bond motifs is 1. The molecule has 34 heavy (non-hydrogen) atoms. The number of aromatic nitrogens is 1. The number of piperazine rings is 1. The first-order valence-corrected chi connectivity index (χ1v) is 12.8. The molecule has 3 heterocycles. The summed E-state index contributed by atoms with van der Waals surface area (Å²) >= 11 is 3.55. The van der Waals surface area contributed by atoms with Crippen molar-refractivity contribution in [3.8, 4) is 0 Å². The molecule has 8 heteroatoms. The van der Waals surface area contributed by atoms with Gasteiger partial charge in [0.25, 0.3) is 5.91 Å². The van der Waals surface area contributed by atoms with Crippen LogP contribution in [0.2, 0.25) is 0 Å². The van der Waals surface area contributed by atoms with Crippen molar-refractivity contribution in [2.45, 2.75) is 37.8 Å². The number of pyridine rings is 1. The lowest BCUT2D eigenvalue weighted by Crippen LogP contribution is -2.58. The van der Waals surface area contributed by atoms with E-state index in [4.69, 9.17) is 4.74 Å². The maximum absolute atomic E-state index is 13.5. The standard InChI is InChI=1S/C26H29BrN4O3/c27-20-8-2-1-7-19(20)17-23-26(33)31(21-9-3-4-10-22(21)34-23)18-25(32)30-15-13-29(14-16-30)24-11-5-6-12-28-24/h1-2,5-8,11-12,17,21-22H,3-4,9-10,13-16,18H2/b23-17+. The van der Waals surface area contributed by atoms with Crippen LogP contribution in [0.1, 0.15) is 31.2 Å². The molecule has 2 unspecified atom stereocenters. The van der Waals surface area contributed by atoms with E-state index in [1.807, 2.05) is 47.4 Å². The number of hydrogen-bond acceptors (Lipinski definition) is 5. The van der Waals surface area contributed by atoms with Crippen LogP contribution in [-0.2, 0) is 14.3 Å². The third-order valence-corrected chi connectivity index (χ3v) is 7.64. The molecule has 2 amide bonds. The Morgan fingerprint density at radius 1 is 1.06 bits per heavy atom. The summed E-state index contributed by atoms with van der Waals surface area (Å²) in [5.74, 6) is 1.06. The van der Waals surface area contributed by atoms with E-state index in [0.29, 0.717) is 18.8 Å². The highest BCUT2D eigenvalue weighted by Crippen LogP contribution is 2.34. The van der Waals surface area contributed by atoms with Crippen molar-refractivity contribution in [3.05, 3.63) is 64.5 Å². The summed E-state index contributed by atoms with van der Waals surface area (Å²) in [6.07, 6.45) is 7.42.